The van der Waals surface area contributed by atoms with Crippen LogP contribution in [0.3, 0.4) is 0 Å². The molecule has 0 spiro atoms. The summed E-state index contributed by atoms with van der Waals surface area (Å²) >= 11 is 13.3. The number of nitrogens with one attached hydrogen (secondary N) is 1. The van der Waals surface area contributed by atoms with Crippen molar-refractivity contribution >= 4 is 43.5 Å². The second-order valence-corrected chi connectivity index (χ2v) is 6.62. The van der Waals surface area contributed by atoms with E-state index in [1.165, 1.54) is 0 Å². The summed E-state index contributed by atoms with van der Waals surface area (Å²) in [6.45, 7) is 0. The summed E-state index contributed by atoms with van der Waals surface area (Å²) in [5, 5.41) is 0.674. The van der Waals surface area contributed by atoms with E-state index >= 15 is 0 Å². The summed E-state index contributed by atoms with van der Waals surface area (Å²) in [7, 11) is 1.64. The van der Waals surface area contributed by atoms with Crippen LogP contribution in [0.2, 0.25) is 5.02 Å². The van der Waals surface area contributed by atoms with Gasteiger partial charge in [0.2, 0.25) is 0 Å². The molecule has 3 N–H and O–H groups in total. The van der Waals surface area contributed by atoms with Crippen molar-refractivity contribution < 1.29 is 4.74 Å². The minimum atomic E-state index is -0.0738. The zero-order valence-corrected chi connectivity index (χ0v) is 15.3. The number of ether oxygens (including phenoxy) is 1. The van der Waals surface area contributed by atoms with Crippen molar-refractivity contribution in [3.63, 3.8) is 0 Å². The Morgan fingerprint density at radius 1 is 1.24 bits per heavy atom. The minimum absolute atomic E-state index is 0.0738. The molecule has 1 atom stereocenters. The van der Waals surface area contributed by atoms with Gasteiger partial charge >= 0.3 is 0 Å². The van der Waals surface area contributed by atoms with Crippen LogP contribution in [0.4, 0.5) is 0 Å². The van der Waals surface area contributed by atoms with Gasteiger partial charge in [0.05, 0.1) is 22.6 Å². The summed E-state index contributed by atoms with van der Waals surface area (Å²) in [6.07, 6.45) is 0.718. The van der Waals surface area contributed by atoms with Crippen molar-refractivity contribution in [2.75, 3.05) is 7.11 Å². The lowest BCUT2D eigenvalue weighted by atomic mass is 9.99. The van der Waals surface area contributed by atoms with Crippen LogP contribution in [-0.2, 0) is 6.42 Å². The number of nitrogens with two attached hydrogens (primary N) is 1. The predicted molar refractivity (Wildman–Crippen MR) is 93.6 cm³/mol. The van der Waals surface area contributed by atoms with E-state index in [9.17, 15) is 0 Å². The van der Waals surface area contributed by atoms with Gasteiger partial charge in [-0.3, -0.25) is 11.3 Å². The molecule has 0 saturated carbocycles. The largest absolute Gasteiger partial charge is 0.496 e. The molecule has 2 aromatic rings. The molecule has 0 aliphatic carbocycles. The van der Waals surface area contributed by atoms with E-state index in [4.69, 9.17) is 22.2 Å². The number of benzene rings is 2. The highest BCUT2D eigenvalue weighted by atomic mass is 79.9. The average Bonchev–Trinajstić information content (AvgIpc) is 2.48. The quantitative estimate of drug-likeness (QED) is 0.533. The summed E-state index contributed by atoms with van der Waals surface area (Å²) in [5.41, 5.74) is 4.92. The fourth-order valence-electron chi connectivity index (χ4n) is 2.12. The third kappa shape index (κ3) is 3.99. The number of hydrogen-bond acceptors (Lipinski definition) is 3. The van der Waals surface area contributed by atoms with E-state index in [2.05, 4.69) is 37.3 Å². The van der Waals surface area contributed by atoms with E-state index in [0.29, 0.717) is 5.02 Å². The molecule has 0 heterocycles. The molecule has 3 nitrogen and oxygen atoms in total. The number of rotatable bonds is 5. The van der Waals surface area contributed by atoms with Gasteiger partial charge < -0.3 is 4.74 Å². The Balaban J connectivity index is 2.27. The Morgan fingerprint density at radius 3 is 2.62 bits per heavy atom. The maximum atomic E-state index is 6.34. The lowest BCUT2D eigenvalue weighted by Crippen LogP contribution is -2.29. The van der Waals surface area contributed by atoms with E-state index in [0.717, 1.165) is 32.2 Å². The molecule has 21 heavy (non-hydrogen) atoms. The highest BCUT2D eigenvalue weighted by Crippen LogP contribution is 2.33. The van der Waals surface area contributed by atoms with Gasteiger partial charge in [0, 0.05) is 4.47 Å². The Kier molecular flexibility index (Phi) is 6.08. The number of methoxy groups -OCH3 is 1. The molecule has 0 amide bonds. The van der Waals surface area contributed by atoms with Gasteiger partial charge in [0.1, 0.15) is 5.75 Å². The molecule has 112 valence electrons. The normalized spacial score (nSPS) is 12.2. The molecular weight excluding hydrogens is 419 g/mol. The molecule has 6 heteroatoms. The molecule has 2 aromatic carbocycles. The molecule has 2 rings (SSSR count). The monoisotopic (exact) mass is 432 g/mol. The minimum Gasteiger partial charge on any atom is -0.496 e. The molecule has 0 aromatic heterocycles. The number of hydrogen-bond donors (Lipinski definition) is 2. The van der Waals surface area contributed by atoms with Gasteiger partial charge in [-0.25, -0.2) is 0 Å². The van der Waals surface area contributed by atoms with Crippen LogP contribution in [0.25, 0.3) is 0 Å². The fourth-order valence-corrected chi connectivity index (χ4v) is 3.35. The van der Waals surface area contributed by atoms with Crippen molar-refractivity contribution in [1.82, 2.24) is 5.43 Å². The first-order valence-electron chi connectivity index (χ1n) is 6.29. The van der Waals surface area contributed by atoms with Gasteiger partial charge in [-0.05, 0) is 67.6 Å². The summed E-state index contributed by atoms with van der Waals surface area (Å²) < 4.78 is 7.01. The van der Waals surface area contributed by atoms with Crippen LogP contribution < -0.4 is 16.0 Å². The number of halogens is 3. The molecule has 0 radical (unpaired) electrons. The zero-order chi connectivity index (χ0) is 15.4. The fraction of sp³-hybridized carbons (Fsp3) is 0.200. The van der Waals surface area contributed by atoms with E-state index in [-0.39, 0.29) is 6.04 Å². The molecule has 0 bridgehead atoms. The maximum Gasteiger partial charge on any atom is 0.133 e. The molecule has 0 aliphatic rings. The standard InChI is InChI=1S/C15H15Br2ClN2O/c1-21-14-6-5-9(7-12(14)17)8-13(20-19)10-3-2-4-11(16)15(10)18/h2-7,13,20H,8,19H2,1H3. The second-order valence-electron chi connectivity index (χ2n) is 4.54. The Bertz CT molecular complexity index is 637. The number of hydrazine groups is 1. The Labute approximate surface area is 146 Å². The van der Waals surface area contributed by atoms with Crippen LogP contribution in [0, 0.1) is 0 Å². The highest BCUT2D eigenvalue weighted by Gasteiger charge is 2.16. The summed E-state index contributed by atoms with van der Waals surface area (Å²) in [4.78, 5) is 0. The molecule has 0 fully saturated rings. The van der Waals surface area contributed by atoms with Crippen LogP contribution >= 0.6 is 43.5 Å². The van der Waals surface area contributed by atoms with Crippen LogP contribution in [0.5, 0.6) is 5.75 Å². The van der Waals surface area contributed by atoms with Crippen molar-refractivity contribution in [1.29, 1.82) is 0 Å². The molecule has 0 aliphatic heterocycles. The van der Waals surface area contributed by atoms with Crippen LogP contribution in [0.1, 0.15) is 17.2 Å². The van der Waals surface area contributed by atoms with Gasteiger partial charge in [-0.1, -0.05) is 29.8 Å². The van der Waals surface area contributed by atoms with Crippen molar-refractivity contribution in [3.05, 3.63) is 61.5 Å². The Hall–Kier alpha value is -0.590. The topological polar surface area (TPSA) is 47.3 Å². The van der Waals surface area contributed by atoms with Crippen molar-refractivity contribution in [2.24, 2.45) is 5.84 Å². The van der Waals surface area contributed by atoms with E-state index < -0.39 is 0 Å². The average molecular weight is 435 g/mol. The first-order valence-corrected chi connectivity index (χ1v) is 8.25. The molecular formula is C15H15Br2ClN2O. The summed E-state index contributed by atoms with van der Waals surface area (Å²) in [6, 6.07) is 11.7. The highest BCUT2D eigenvalue weighted by molar-refractivity contribution is 9.10. The first-order chi connectivity index (χ1) is 10.1. The lowest BCUT2D eigenvalue weighted by Gasteiger charge is -2.19. The van der Waals surface area contributed by atoms with Crippen LogP contribution in [-0.4, -0.2) is 7.11 Å². The zero-order valence-electron chi connectivity index (χ0n) is 11.4. The third-order valence-corrected chi connectivity index (χ3v) is 5.14. The lowest BCUT2D eigenvalue weighted by molar-refractivity contribution is 0.412. The van der Waals surface area contributed by atoms with Crippen molar-refractivity contribution in [3.8, 4) is 5.75 Å². The van der Waals surface area contributed by atoms with Gasteiger partial charge in [-0.15, -0.1) is 0 Å². The second kappa shape index (κ2) is 7.61. The van der Waals surface area contributed by atoms with Crippen LogP contribution in [0.15, 0.2) is 45.3 Å². The predicted octanol–water partition coefficient (Wildman–Crippen LogP) is 4.62. The van der Waals surface area contributed by atoms with E-state index in [1.54, 1.807) is 7.11 Å². The van der Waals surface area contributed by atoms with Gasteiger partial charge in [0.15, 0.2) is 0 Å². The molecule has 1 unspecified atom stereocenters. The SMILES string of the molecule is COc1ccc(CC(NN)c2cccc(Br)c2Cl)cc1Br. The summed E-state index contributed by atoms with van der Waals surface area (Å²) in [5.74, 6) is 6.51. The maximum absolute atomic E-state index is 6.34. The Morgan fingerprint density at radius 2 is 2.00 bits per heavy atom. The van der Waals surface area contributed by atoms with Crippen molar-refractivity contribution in [2.45, 2.75) is 12.5 Å². The molecule has 0 saturated heterocycles. The smallest absolute Gasteiger partial charge is 0.133 e. The van der Waals surface area contributed by atoms with Gasteiger partial charge in [0.25, 0.3) is 0 Å². The first kappa shape index (κ1) is 16.8. The third-order valence-electron chi connectivity index (χ3n) is 3.21. The van der Waals surface area contributed by atoms with Gasteiger partial charge in [-0.2, -0.15) is 0 Å². The van der Waals surface area contributed by atoms with E-state index in [1.807, 2.05) is 36.4 Å².